The summed E-state index contributed by atoms with van der Waals surface area (Å²) in [5.74, 6) is -0.420. The summed E-state index contributed by atoms with van der Waals surface area (Å²) >= 11 is 0. The zero-order valence-corrected chi connectivity index (χ0v) is 8.12. The van der Waals surface area contributed by atoms with Crippen molar-refractivity contribution in [1.29, 1.82) is 0 Å². The van der Waals surface area contributed by atoms with Crippen LogP contribution >= 0.6 is 0 Å². The van der Waals surface area contributed by atoms with Crippen LogP contribution < -0.4 is 5.73 Å². The number of piperidine rings is 1. The molecule has 0 aromatic carbocycles. The maximum absolute atomic E-state index is 11.2. The molecule has 1 fully saturated rings. The van der Waals surface area contributed by atoms with Crippen molar-refractivity contribution >= 4 is 11.8 Å². The lowest BCUT2D eigenvalue weighted by atomic mass is 9.93. The Morgan fingerprint density at radius 3 is 2.46 bits per heavy atom. The average Bonchev–Trinajstić information content (AvgIpc) is 2.04. The van der Waals surface area contributed by atoms with Crippen LogP contribution in [0.25, 0.3) is 0 Å². The molecule has 1 saturated heterocycles. The van der Waals surface area contributed by atoms with Gasteiger partial charge in [0, 0.05) is 19.5 Å². The number of nitrogens with zero attached hydrogens (tertiary/aromatic N) is 1. The molecule has 0 saturated carbocycles. The second-order valence-electron chi connectivity index (χ2n) is 3.70. The first kappa shape index (κ1) is 10.0. The summed E-state index contributed by atoms with van der Waals surface area (Å²) in [4.78, 5) is 23.8. The monoisotopic (exact) mass is 184 g/mol. The topological polar surface area (TPSA) is 63.4 Å². The molecule has 1 aliphatic rings. The highest BCUT2D eigenvalue weighted by molar-refractivity contribution is 5.79. The predicted molar refractivity (Wildman–Crippen MR) is 48.8 cm³/mol. The number of hydrogen-bond donors (Lipinski definition) is 1. The minimum Gasteiger partial charge on any atom is -0.369 e. The fourth-order valence-electron chi connectivity index (χ4n) is 1.78. The highest BCUT2D eigenvalue weighted by atomic mass is 16.2. The second kappa shape index (κ2) is 3.77. The van der Waals surface area contributed by atoms with Gasteiger partial charge in [-0.05, 0) is 19.8 Å². The van der Waals surface area contributed by atoms with E-state index in [2.05, 4.69) is 0 Å². The summed E-state index contributed by atoms with van der Waals surface area (Å²) in [6.07, 6.45) is 1.67. The van der Waals surface area contributed by atoms with Gasteiger partial charge in [0.2, 0.25) is 11.8 Å². The molecular formula is C9H16N2O2. The Morgan fingerprint density at radius 1 is 1.38 bits per heavy atom. The van der Waals surface area contributed by atoms with Gasteiger partial charge in [-0.1, -0.05) is 0 Å². The molecule has 2 amide bonds. The van der Waals surface area contributed by atoms with E-state index in [0.717, 1.165) is 12.8 Å². The van der Waals surface area contributed by atoms with E-state index in [0.29, 0.717) is 6.54 Å². The molecule has 2 atom stereocenters. The Hall–Kier alpha value is -1.06. The van der Waals surface area contributed by atoms with Gasteiger partial charge in [-0.2, -0.15) is 0 Å². The van der Waals surface area contributed by atoms with Gasteiger partial charge in [-0.3, -0.25) is 9.59 Å². The third-order valence-corrected chi connectivity index (χ3v) is 2.69. The van der Waals surface area contributed by atoms with Crippen molar-refractivity contribution in [2.45, 2.75) is 32.7 Å². The molecule has 0 unspecified atom stereocenters. The molecule has 0 radical (unpaired) electrons. The van der Waals surface area contributed by atoms with E-state index in [1.807, 2.05) is 6.92 Å². The zero-order chi connectivity index (χ0) is 10.0. The van der Waals surface area contributed by atoms with E-state index in [9.17, 15) is 9.59 Å². The molecule has 0 spiro atoms. The van der Waals surface area contributed by atoms with Crippen LogP contribution in [-0.4, -0.2) is 29.3 Å². The molecule has 0 aromatic rings. The van der Waals surface area contributed by atoms with E-state index in [1.54, 1.807) is 4.90 Å². The molecular weight excluding hydrogens is 168 g/mol. The maximum atomic E-state index is 11.2. The lowest BCUT2D eigenvalue weighted by Gasteiger charge is -2.36. The van der Waals surface area contributed by atoms with Crippen LogP contribution in [0.1, 0.15) is 26.7 Å². The number of nitrogens with two attached hydrogens (primary N) is 1. The number of hydrogen-bond acceptors (Lipinski definition) is 2. The Bertz CT molecular complexity index is 228. The largest absolute Gasteiger partial charge is 0.369 e. The molecule has 2 N–H and O–H groups in total. The van der Waals surface area contributed by atoms with E-state index in [4.69, 9.17) is 5.73 Å². The van der Waals surface area contributed by atoms with Crippen LogP contribution in [0.3, 0.4) is 0 Å². The normalized spacial score (nSPS) is 28.6. The van der Waals surface area contributed by atoms with Crippen LogP contribution in [0.4, 0.5) is 0 Å². The SMILES string of the molecule is CC(=O)N1C[C@@H](C(N)=O)CC[C@@H]1C. The van der Waals surface area contributed by atoms with Gasteiger partial charge in [0.15, 0.2) is 0 Å². The quantitative estimate of drug-likeness (QED) is 0.629. The van der Waals surface area contributed by atoms with Crippen molar-refractivity contribution in [2.24, 2.45) is 11.7 Å². The highest BCUT2D eigenvalue weighted by Crippen LogP contribution is 2.21. The first-order valence-corrected chi connectivity index (χ1v) is 4.59. The van der Waals surface area contributed by atoms with Crippen molar-refractivity contribution in [3.05, 3.63) is 0 Å². The van der Waals surface area contributed by atoms with Crippen LogP contribution in [0, 0.1) is 5.92 Å². The number of rotatable bonds is 1. The van der Waals surface area contributed by atoms with E-state index in [-0.39, 0.29) is 23.8 Å². The Labute approximate surface area is 78.1 Å². The lowest BCUT2D eigenvalue weighted by Crippen LogP contribution is -2.47. The summed E-state index contributed by atoms with van der Waals surface area (Å²) in [5.41, 5.74) is 5.20. The Balaban J connectivity index is 2.63. The predicted octanol–water partition coefficient (Wildman–Crippen LogP) is 0.119. The van der Waals surface area contributed by atoms with Crippen molar-refractivity contribution in [2.75, 3.05) is 6.54 Å². The van der Waals surface area contributed by atoms with Gasteiger partial charge >= 0.3 is 0 Å². The third kappa shape index (κ3) is 2.20. The molecule has 0 aromatic heterocycles. The molecule has 1 rings (SSSR count). The summed E-state index contributed by atoms with van der Waals surface area (Å²) in [7, 11) is 0. The van der Waals surface area contributed by atoms with Gasteiger partial charge in [0.05, 0.1) is 5.92 Å². The van der Waals surface area contributed by atoms with Gasteiger partial charge in [0.25, 0.3) is 0 Å². The molecule has 13 heavy (non-hydrogen) atoms. The second-order valence-corrected chi connectivity index (χ2v) is 3.70. The average molecular weight is 184 g/mol. The van der Waals surface area contributed by atoms with Gasteiger partial charge in [-0.25, -0.2) is 0 Å². The number of carbonyl (C=O) groups excluding carboxylic acids is 2. The van der Waals surface area contributed by atoms with Crippen molar-refractivity contribution in [3.8, 4) is 0 Å². The van der Waals surface area contributed by atoms with Gasteiger partial charge in [-0.15, -0.1) is 0 Å². The standard InChI is InChI=1S/C9H16N2O2/c1-6-3-4-8(9(10)13)5-11(6)7(2)12/h6,8H,3-5H2,1-2H3,(H2,10,13)/t6-,8-/m0/s1. The molecule has 4 heteroatoms. The smallest absolute Gasteiger partial charge is 0.222 e. The van der Waals surface area contributed by atoms with E-state index >= 15 is 0 Å². The Morgan fingerprint density at radius 2 is 2.00 bits per heavy atom. The summed E-state index contributed by atoms with van der Waals surface area (Å²) in [6.45, 7) is 4.02. The fraction of sp³-hybridized carbons (Fsp3) is 0.778. The van der Waals surface area contributed by atoms with E-state index in [1.165, 1.54) is 6.92 Å². The zero-order valence-electron chi connectivity index (χ0n) is 8.12. The number of likely N-dealkylation sites (tertiary alicyclic amines) is 1. The number of primary amides is 1. The fourth-order valence-corrected chi connectivity index (χ4v) is 1.78. The van der Waals surface area contributed by atoms with Gasteiger partial charge in [0.1, 0.15) is 0 Å². The first-order valence-electron chi connectivity index (χ1n) is 4.59. The van der Waals surface area contributed by atoms with Crippen LogP contribution in [-0.2, 0) is 9.59 Å². The highest BCUT2D eigenvalue weighted by Gasteiger charge is 2.29. The first-order chi connectivity index (χ1) is 6.02. The van der Waals surface area contributed by atoms with Crippen molar-refractivity contribution in [1.82, 2.24) is 4.90 Å². The number of amides is 2. The van der Waals surface area contributed by atoms with Crippen LogP contribution in [0.15, 0.2) is 0 Å². The summed E-state index contributed by atoms with van der Waals surface area (Å²) in [5, 5.41) is 0. The molecule has 0 aliphatic carbocycles. The summed E-state index contributed by atoms with van der Waals surface area (Å²) < 4.78 is 0. The van der Waals surface area contributed by atoms with Gasteiger partial charge < -0.3 is 10.6 Å². The molecule has 1 heterocycles. The maximum Gasteiger partial charge on any atom is 0.222 e. The van der Waals surface area contributed by atoms with Crippen LogP contribution in [0.5, 0.6) is 0 Å². The lowest BCUT2D eigenvalue weighted by molar-refractivity contribution is -0.135. The van der Waals surface area contributed by atoms with Crippen molar-refractivity contribution in [3.63, 3.8) is 0 Å². The number of carbonyl (C=O) groups is 2. The third-order valence-electron chi connectivity index (χ3n) is 2.69. The minimum atomic E-state index is -0.293. The minimum absolute atomic E-state index is 0.0263. The van der Waals surface area contributed by atoms with Crippen LogP contribution in [0.2, 0.25) is 0 Å². The molecule has 0 bridgehead atoms. The molecule has 4 nitrogen and oxygen atoms in total. The molecule has 74 valence electrons. The Kier molecular flexibility index (Phi) is 2.90. The van der Waals surface area contributed by atoms with Crippen molar-refractivity contribution < 1.29 is 9.59 Å². The summed E-state index contributed by atoms with van der Waals surface area (Å²) in [6, 6.07) is 0.244. The molecule has 1 aliphatic heterocycles. The van der Waals surface area contributed by atoms with E-state index < -0.39 is 0 Å².